The maximum Gasteiger partial charge on any atom is 0.300 e. The Balaban J connectivity index is 1.91. The van der Waals surface area contributed by atoms with Gasteiger partial charge in [0, 0.05) is 37.1 Å². The Hall–Kier alpha value is -3.97. The molecule has 0 bridgehead atoms. The number of carbonyl (C=O) groups excluding carboxylic acids is 2. The summed E-state index contributed by atoms with van der Waals surface area (Å²) in [6.45, 7) is 4.79. The number of ether oxygens (including phenoxy) is 2. The summed E-state index contributed by atoms with van der Waals surface area (Å²) in [5.74, 6) is -0.849. The minimum atomic E-state index is -0.889. The zero-order valence-corrected chi connectivity index (χ0v) is 22.7. The normalized spacial score (nSPS) is 16.6. The Kier molecular flexibility index (Phi) is 8.27. The van der Waals surface area contributed by atoms with Crippen molar-refractivity contribution in [3.05, 3.63) is 88.5 Å². The first-order valence-corrected chi connectivity index (χ1v) is 12.9. The van der Waals surface area contributed by atoms with Crippen LogP contribution in [-0.4, -0.2) is 44.1 Å². The number of Topliss-reactive ketones (excluding diaryl/α,β-unsaturated/α-hetero) is 1. The topological polar surface area (TPSA) is 79.3 Å². The number of rotatable bonds is 9. The molecule has 38 heavy (non-hydrogen) atoms. The van der Waals surface area contributed by atoms with Gasteiger partial charge in [-0.25, -0.2) is 0 Å². The third-order valence-electron chi connectivity index (χ3n) is 6.24. The molecule has 3 aromatic carbocycles. The van der Waals surface area contributed by atoms with E-state index in [-0.39, 0.29) is 21.9 Å². The second-order valence-corrected chi connectivity index (χ2v) is 9.48. The highest BCUT2D eigenvalue weighted by Gasteiger charge is 2.47. The van der Waals surface area contributed by atoms with Gasteiger partial charge in [-0.1, -0.05) is 36.7 Å². The van der Waals surface area contributed by atoms with E-state index in [2.05, 4.69) is 0 Å². The van der Waals surface area contributed by atoms with Gasteiger partial charge in [-0.15, -0.1) is 0 Å². The number of anilines is 2. The van der Waals surface area contributed by atoms with E-state index >= 15 is 0 Å². The molecule has 0 radical (unpaired) electrons. The molecular formula is C30H31ClN2O5. The molecule has 198 valence electrons. The first kappa shape index (κ1) is 27.1. The van der Waals surface area contributed by atoms with E-state index in [1.807, 2.05) is 57.1 Å². The fraction of sp³-hybridized carbons (Fsp3) is 0.267. The average molecular weight is 535 g/mol. The molecule has 1 amide bonds. The maximum absolute atomic E-state index is 13.5. The van der Waals surface area contributed by atoms with Crippen LogP contribution in [0.5, 0.6) is 11.5 Å². The van der Waals surface area contributed by atoms with Crippen molar-refractivity contribution in [2.24, 2.45) is 0 Å². The van der Waals surface area contributed by atoms with E-state index in [9.17, 15) is 14.7 Å². The smallest absolute Gasteiger partial charge is 0.300 e. The highest BCUT2D eigenvalue weighted by Crippen LogP contribution is 2.44. The molecule has 0 saturated carbocycles. The number of hydrogen-bond donors (Lipinski definition) is 1. The number of hydrogen-bond acceptors (Lipinski definition) is 6. The second kappa shape index (κ2) is 11.6. The second-order valence-electron chi connectivity index (χ2n) is 9.08. The van der Waals surface area contributed by atoms with Gasteiger partial charge in [0.1, 0.15) is 17.3 Å². The van der Waals surface area contributed by atoms with E-state index in [0.717, 1.165) is 12.1 Å². The molecule has 1 aliphatic heterocycles. The molecule has 1 saturated heterocycles. The van der Waals surface area contributed by atoms with Crippen molar-refractivity contribution in [2.75, 3.05) is 37.1 Å². The quantitative estimate of drug-likeness (QED) is 0.199. The van der Waals surface area contributed by atoms with Crippen LogP contribution in [-0.2, 0) is 9.59 Å². The highest BCUT2D eigenvalue weighted by atomic mass is 35.5. The monoisotopic (exact) mass is 534 g/mol. The van der Waals surface area contributed by atoms with Crippen LogP contribution in [0.3, 0.4) is 0 Å². The molecule has 1 heterocycles. The molecule has 1 atom stereocenters. The summed E-state index contributed by atoms with van der Waals surface area (Å²) in [6, 6.07) is 18.5. The fourth-order valence-corrected chi connectivity index (χ4v) is 4.61. The summed E-state index contributed by atoms with van der Waals surface area (Å²) in [5, 5.41) is 11.7. The van der Waals surface area contributed by atoms with Crippen LogP contribution in [0.4, 0.5) is 11.4 Å². The van der Waals surface area contributed by atoms with E-state index in [1.54, 1.807) is 42.5 Å². The summed E-state index contributed by atoms with van der Waals surface area (Å²) in [7, 11) is 3.85. The molecule has 0 aliphatic carbocycles. The largest absolute Gasteiger partial charge is 0.507 e. The van der Waals surface area contributed by atoms with Crippen molar-refractivity contribution in [2.45, 2.75) is 26.3 Å². The molecule has 7 nitrogen and oxygen atoms in total. The summed E-state index contributed by atoms with van der Waals surface area (Å²) >= 11 is 6.44. The SMILES string of the molecule is CCCOc1cccc(N2C(=O)C(=O)/C(=C(/O)c3cc(OCC)ccc3Cl)C2c2ccc(N(C)C)cc2)c1. The number of nitrogens with zero attached hydrogens (tertiary/aromatic N) is 2. The first-order valence-electron chi connectivity index (χ1n) is 12.5. The molecule has 0 aromatic heterocycles. The van der Waals surface area contributed by atoms with Gasteiger partial charge in [0.25, 0.3) is 11.7 Å². The Labute approximate surface area is 227 Å². The predicted octanol–water partition coefficient (Wildman–Crippen LogP) is 6.22. The average Bonchev–Trinajstić information content (AvgIpc) is 3.18. The summed E-state index contributed by atoms with van der Waals surface area (Å²) in [6.07, 6.45) is 0.828. The fourth-order valence-electron chi connectivity index (χ4n) is 4.40. The van der Waals surface area contributed by atoms with Crippen LogP contribution in [0.25, 0.3) is 5.76 Å². The zero-order chi connectivity index (χ0) is 27.4. The number of carbonyl (C=O) groups is 2. The van der Waals surface area contributed by atoms with Gasteiger partial charge in [0.05, 0.1) is 29.9 Å². The number of aliphatic hydroxyl groups excluding tert-OH is 1. The number of benzene rings is 3. The van der Waals surface area contributed by atoms with Crippen molar-refractivity contribution in [1.29, 1.82) is 0 Å². The van der Waals surface area contributed by atoms with Crippen LogP contribution >= 0.6 is 11.6 Å². The van der Waals surface area contributed by atoms with E-state index in [4.69, 9.17) is 21.1 Å². The lowest BCUT2D eigenvalue weighted by Gasteiger charge is -2.26. The van der Waals surface area contributed by atoms with Crippen LogP contribution in [0.2, 0.25) is 5.02 Å². The van der Waals surface area contributed by atoms with Gasteiger partial charge in [0.2, 0.25) is 0 Å². The molecule has 1 unspecified atom stereocenters. The van der Waals surface area contributed by atoms with Crippen molar-refractivity contribution in [3.8, 4) is 11.5 Å². The van der Waals surface area contributed by atoms with Crippen LogP contribution in [0, 0.1) is 0 Å². The van der Waals surface area contributed by atoms with Crippen LogP contribution in [0.1, 0.15) is 37.4 Å². The van der Waals surface area contributed by atoms with E-state index in [0.29, 0.717) is 36.0 Å². The summed E-state index contributed by atoms with van der Waals surface area (Å²) in [4.78, 5) is 30.4. The minimum Gasteiger partial charge on any atom is -0.507 e. The molecular weight excluding hydrogens is 504 g/mol. The zero-order valence-electron chi connectivity index (χ0n) is 21.9. The third kappa shape index (κ3) is 5.34. The van der Waals surface area contributed by atoms with Crippen molar-refractivity contribution >= 4 is 40.4 Å². The lowest BCUT2D eigenvalue weighted by atomic mass is 9.94. The van der Waals surface area contributed by atoms with Gasteiger partial charge in [0.15, 0.2) is 0 Å². The lowest BCUT2D eigenvalue weighted by molar-refractivity contribution is -0.132. The highest BCUT2D eigenvalue weighted by molar-refractivity contribution is 6.52. The minimum absolute atomic E-state index is 0.0527. The number of aliphatic hydroxyl groups is 1. The Morgan fingerprint density at radius 1 is 0.974 bits per heavy atom. The maximum atomic E-state index is 13.5. The standard InChI is InChI=1S/C30H31ClN2O5/c1-5-16-38-22-9-7-8-21(17-22)33-27(19-10-12-20(13-11-19)32(3)4)26(29(35)30(33)36)28(34)24-18-23(37-6-2)14-15-25(24)31/h7-15,17-18,27,34H,5-6,16H2,1-4H3/b28-26+. The molecule has 8 heteroatoms. The summed E-state index contributed by atoms with van der Waals surface area (Å²) in [5.41, 5.74) is 2.26. The van der Waals surface area contributed by atoms with Gasteiger partial charge in [-0.05, 0) is 61.4 Å². The molecule has 1 aliphatic rings. The van der Waals surface area contributed by atoms with E-state index in [1.165, 1.54) is 4.90 Å². The summed E-state index contributed by atoms with van der Waals surface area (Å²) < 4.78 is 11.3. The number of halogens is 1. The molecule has 1 N–H and O–H groups in total. The Bertz CT molecular complexity index is 1370. The van der Waals surface area contributed by atoms with Gasteiger partial charge < -0.3 is 19.5 Å². The molecule has 4 rings (SSSR count). The van der Waals surface area contributed by atoms with Crippen molar-refractivity contribution < 1.29 is 24.2 Å². The molecule has 1 fully saturated rings. The number of amides is 1. The Morgan fingerprint density at radius 3 is 2.34 bits per heavy atom. The Morgan fingerprint density at radius 2 is 1.68 bits per heavy atom. The van der Waals surface area contributed by atoms with Gasteiger partial charge >= 0.3 is 0 Å². The number of ketones is 1. The molecule has 3 aromatic rings. The van der Waals surface area contributed by atoms with Crippen molar-refractivity contribution in [3.63, 3.8) is 0 Å². The molecule has 0 spiro atoms. The lowest BCUT2D eigenvalue weighted by Crippen LogP contribution is -2.29. The van der Waals surface area contributed by atoms with Crippen LogP contribution in [0.15, 0.2) is 72.3 Å². The third-order valence-corrected chi connectivity index (χ3v) is 6.57. The van der Waals surface area contributed by atoms with Crippen molar-refractivity contribution in [1.82, 2.24) is 0 Å². The predicted molar refractivity (Wildman–Crippen MR) is 150 cm³/mol. The van der Waals surface area contributed by atoms with Gasteiger partial charge in [-0.2, -0.15) is 0 Å². The van der Waals surface area contributed by atoms with E-state index < -0.39 is 17.7 Å². The van der Waals surface area contributed by atoms with Crippen LogP contribution < -0.4 is 19.3 Å². The van der Waals surface area contributed by atoms with Gasteiger partial charge in [-0.3, -0.25) is 14.5 Å². The first-order chi connectivity index (χ1) is 18.3.